The fraction of sp³-hybridized carbons (Fsp3) is 0.882. The Bertz CT molecular complexity index is 460. The minimum absolute atomic E-state index is 0.280. The number of ether oxygens (including phenoxy) is 2. The predicted octanol–water partition coefficient (Wildman–Crippen LogP) is 3.50. The highest BCUT2D eigenvalue weighted by molar-refractivity contribution is 5.73. The van der Waals surface area contributed by atoms with Crippen LogP contribution < -0.4 is 5.32 Å². The van der Waals surface area contributed by atoms with Gasteiger partial charge in [0, 0.05) is 12.5 Å². The first-order chi connectivity index (χ1) is 10.4. The molecule has 0 radical (unpaired) electrons. The summed E-state index contributed by atoms with van der Waals surface area (Å²) in [5.41, 5.74) is -1.11. The molecule has 1 saturated carbocycles. The Balaban J connectivity index is 1.95. The van der Waals surface area contributed by atoms with Crippen LogP contribution in [0.4, 0.5) is 9.59 Å². The van der Waals surface area contributed by atoms with Gasteiger partial charge < -0.3 is 14.8 Å². The van der Waals surface area contributed by atoms with Crippen LogP contribution in [-0.2, 0) is 9.47 Å². The molecule has 0 aromatic rings. The average molecular weight is 326 g/mol. The molecule has 2 aliphatic rings. The molecular weight excluding hydrogens is 296 g/mol. The highest BCUT2D eigenvalue weighted by Gasteiger charge is 2.46. The summed E-state index contributed by atoms with van der Waals surface area (Å²) in [6.07, 6.45) is 2.34. The number of carbonyl (C=O) groups is 2. The molecule has 1 aliphatic carbocycles. The maximum atomic E-state index is 12.3. The smallest absolute Gasteiger partial charge is 0.411 e. The van der Waals surface area contributed by atoms with E-state index in [-0.39, 0.29) is 18.2 Å². The third-order valence-electron chi connectivity index (χ3n) is 3.84. The minimum atomic E-state index is -0.559. The lowest BCUT2D eigenvalue weighted by molar-refractivity contribution is -0.0461. The van der Waals surface area contributed by atoms with Crippen molar-refractivity contribution < 1.29 is 19.1 Å². The first-order valence-electron chi connectivity index (χ1n) is 8.44. The topological polar surface area (TPSA) is 67.9 Å². The monoisotopic (exact) mass is 326 g/mol. The Labute approximate surface area is 138 Å². The molecule has 2 rings (SSSR count). The number of amides is 2. The quantitative estimate of drug-likeness (QED) is 0.862. The van der Waals surface area contributed by atoms with Gasteiger partial charge in [0.2, 0.25) is 0 Å². The SMILES string of the molecule is CC(C)(C)OC(=O)NC1C(CC2CC2)CN1C(=O)OC(C)(C)C. The van der Waals surface area contributed by atoms with Gasteiger partial charge in [0.15, 0.2) is 0 Å². The van der Waals surface area contributed by atoms with Crippen molar-refractivity contribution in [2.75, 3.05) is 6.54 Å². The summed E-state index contributed by atoms with van der Waals surface area (Å²) in [6, 6.07) is 0. The molecule has 1 aliphatic heterocycles. The number of hydrogen-bond acceptors (Lipinski definition) is 4. The van der Waals surface area contributed by atoms with Crippen molar-refractivity contribution in [1.82, 2.24) is 10.2 Å². The first-order valence-corrected chi connectivity index (χ1v) is 8.44. The van der Waals surface area contributed by atoms with E-state index in [4.69, 9.17) is 9.47 Å². The van der Waals surface area contributed by atoms with Crippen LogP contribution in [0.25, 0.3) is 0 Å². The van der Waals surface area contributed by atoms with Crippen LogP contribution in [0.15, 0.2) is 0 Å². The van der Waals surface area contributed by atoms with Gasteiger partial charge in [-0.15, -0.1) is 0 Å². The molecule has 1 heterocycles. The van der Waals surface area contributed by atoms with Crippen molar-refractivity contribution in [3.63, 3.8) is 0 Å². The Morgan fingerprint density at radius 2 is 1.61 bits per heavy atom. The Morgan fingerprint density at radius 1 is 1.04 bits per heavy atom. The van der Waals surface area contributed by atoms with Crippen molar-refractivity contribution in [3.05, 3.63) is 0 Å². The number of nitrogens with one attached hydrogen (secondary N) is 1. The second-order valence-electron chi connectivity index (χ2n) is 8.66. The number of hydrogen-bond donors (Lipinski definition) is 1. The third-order valence-corrected chi connectivity index (χ3v) is 3.84. The second kappa shape index (κ2) is 6.21. The lowest BCUT2D eigenvalue weighted by Gasteiger charge is -2.48. The van der Waals surface area contributed by atoms with Crippen molar-refractivity contribution in [3.8, 4) is 0 Å². The third kappa shape index (κ3) is 5.59. The fourth-order valence-corrected chi connectivity index (χ4v) is 2.70. The summed E-state index contributed by atoms with van der Waals surface area (Å²) in [4.78, 5) is 25.9. The summed E-state index contributed by atoms with van der Waals surface area (Å²) >= 11 is 0. The molecule has 6 heteroatoms. The molecule has 132 valence electrons. The number of alkyl carbamates (subject to hydrolysis) is 1. The van der Waals surface area contributed by atoms with Gasteiger partial charge >= 0.3 is 12.2 Å². The molecule has 0 spiro atoms. The maximum Gasteiger partial charge on any atom is 0.411 e. The minimum Gasteiger partial charge on any atom is -0.444 e. The number of carbonyl (C=O) groups excluding carboxylic acids is 2. The average Bonchev–Trinajstić information content (AvgIpc) is 3.10. The van der Waals surface area contributed by atoms with Crippen LogP contribution in [0, 0.1) is 11.8 Å². The molecule has 2 amide bonds. The van der Waals surface area contributed by atoms with Crippen molar-refractivity contribution in [2.24, 2.45) is 11.8 Å². The molecule has 0 bridgehead atoms. The van der Waals surface area contributed by atoms with Gasteiger partial charge in [0.1, 0.15) is 17.4 Å². The molecule has 0 aromatic heterocycles. The molecule has 2 atom stereocenters. The van der Waals surface area contributed by atoms with Crippen molar-refractivity contribution in [1.29, 1.82) is 0 Å². The number of likely N-dealkylation sites (tertiary alicyclic amines) is 1. The zero-order valence-electron chi connectivity index (χ0n) is 15.1. The molecule has 1 N–H and O–H groups in total. The van der Waals surface area contributed by atoms with Crippen LogP contribution in [0.3, 0.4) is 0 Å². The normalized spacial score (nSPS) is 24.7. The molecule has 1 saturated heterocycles. The van der Waals surface area contributed by atoms with Gasteiger partial charge in [-0.1, -0.05) is 12.8 Å². The molecule has 23 heavy (non-hydrogen) atoms. The van der Waals surface area contributed by atoms with E-state index in [1.165, 1.54) is 12.8 Å². The van der Waals surface area contributed by atoms with Crippen molar-refractivity contribution in [2.45, 2.75) is 78.2 Å². The van der Waals surface area contributed by atoms with E-state index in [0.29, 0.717) is 6.54 Å². The fourth-order valence-electron chi connectivity index (χ4n) is 2.70. The van der Waals surface area contributed by atoms with Crippen LogP contribution in [0.5, 0.6) is 0 Å². The van der Waals surface area contributed by atoms with E-state index in [1.54, 1.807) is 4.90 Å². The Hall–Kier alpha value is -1.46. The molecule has 2 fully saturated rings. The van der Waals surface area contributed by atoms with E-state index < -0.39 is 17.3 Å². The van der Waals surface area contributed by atoms with Gasteiger partial charge in [-0.05, 0) is 53.9 Å². The van der Waals surface area contributed by atoms with E-state index in [9.17, 15) is 9.59 Å². The van der Waals surface area contributed by atoms with Crippen LogP contribution in [0.1, 0.15) is 60.8 Å². The lowest BCUT2D eigenvalue weighted by atomic mass is 9.90. The van der Waals surface area contributed by atoms with Crippen LogP contribution in [0.2, 0.25) is 0 Å². The first kappa shape index (κ1) is 17.9. The van der Waals surface area contributed by atoms with Gasteiger partial charge in [-0.3, -0.25) is 4.90 Å². The highest BCUT2D eigenvalue weighted by Crippen LogP contribution is 2.40. The Kier molecular flexibility index (Phi) is 4.83. The zero-order chi connectivity index (χ0) is 17.4. The highest BCUT2D eigenvalue weighted by atomic mass is 16.6. The summed E-state index contributed by atoms with van der Waals surface area (Å²) in [5.74, 6) is 1.02. The summed E-state index contributed by atoms with van der Waals surface area (Å²) in [5, 5.41) is 2.84. The standard InChI is InChI=1S/C17H30N2O4/c1-16(2,3)22-14(20)18-13-12(9-11-7-8-11)10-19(13)15(21)23-17(4,5)6/h11-13H,7-10H2,1-6H3,(H,18,20). The molecule has 0 aromatic carbocycles. The molecular formula is C17H30N2O4. The van der Waals surface area contributed by atoms with E-state index in [0.717, 1.165) is 12.3 Å². The largest absolute Gasteiger partial charge is 0.444 e. The van der Waals surface area contributed by atoms with E-state index in [2.05, 4.69) is 5.32 Å². The summed E-state index contributed by atoms with van der Waals surface area (Å²) in [7, 11) is 0. The molecule has 2 unspecified atom stereocenters. The van der Waals surface area contributed by atoms with Gasteiger partial charge in [-0.2, -0.15) is 0 Å². The lowest BCUT2D eigenvalue weighted by Crippen LogP contribution is -2.66. The maximum absolute atomic E-state index is 12.3. The molecule has 6 nitrogen and oxygen atoms in total. The van der Waals surface area contributed by atoms with E-state index >= 15 is 0 Å². The van der Waals surface area contributed by atoms with Gasteiger partial charge in [-0.25, -0.2) is 9.59 Å². The zero-order valence-corrected chi connectivity index (χ0v) is 15.1. The second-order valence-corrected chi connectivity index (χ2v) is 8.66. The van der Waals surface area contributed by atoms with Gasteiger partial charge in [0.25, 0.3) is 0 Å². The Morgan fingerprint density at radius 3 is 2.09 bits per heavy atom. The van der Waals surface area contributed by atoms with Gasteiger partial charge in [0.05, 0.1) is 0 Å². The summed E-state index contributed by atoms with van der Waals surface area (Å²) in [6.45, 7) is 11.6. The van der Waals surface area contributed by atoms with E-state index in [1.807, 2.05) is 41.5 Å². The predicted molar refractivity (Wildman–Crippen MR) is 86.9 cm³/mol. The van der Waals surface area contributed by atoms with Crippen LogP contribution in [-0.4, -0.2) is 41.0 Å². The number of rotatable bonds is 3. The number of nitrogens with zero attached hydrogens (tertiary/aromatic N) is 1. The van der Waals surface area contributed by atoms with Crippen molar-refractivity contribution >= 4 is 12.2 Å². The summed E-state index contributed by atoms with van der Waals surface area (Å²) < 4.78 is 10.7. The van der Waals surface area contributed by atoms with Crippen LogP contribution >= 0.6 is 0 Å².